The fourth-order valence-electron chi connectivity index (χ4n) is 4.15. The minimum atomic E-state index is -3.45. The molecule has 1 heterocycles. The van der Waals surface area contributed by atoms with E-state index in [2.05, 4.69) is 16.1 Å². The van der Waals surface area contributed by atoms with Crippen molar-refractivity contribution in [3.05, 3.63) is 29.8 Å². The van der Waals surface area contributed by atoms with Crippen LogP contribution in [-0.2, 0) is 14.9 Å². The first-order chi connectivity index (χ1) is 13.3. The highest BCUT2D eigenvalue weighted by atomic mass is 32.2. The molecule has 2 atom stereocenters. The van der Waals surface area contributed by atoms with Crippen molar-refractivity contribution in [2.75, 3.05) is 27.2 Å². The van der Waals surface area contributed by atoms with Gasteiger partial charge in [0, 0.05) is 26.2 Å². The van der Waals surface area contributed by atoms with E-state index in [0.29, 0.717) is 18.3 Å². The Balaban J connectivity index is 1.48. The van der Waals surface area contributed by atoms with E-state index >= 15 is 0 Å². The van der Waals surface area contributed by atoms with Gasteiger partial charge < -0.3 is 15.2 Å². The molecule has 0 aromatic heterocycles. The summed E-state index contributed by atoms with van der Waals surface area (Å²) in [6.45, 7) is 1.40. The molecule has 1 aliphatic carbocycles. The molecule has 3 N–H and O–H groups in total. The average molecular weight is 412 g/mol. The number of phenols is 1. The van der Waals surface area contributed by atoms with Gasteiger partial charge in [0.2, 0.25) is 0 Å². The summed E-state index contributed by atoms with van der Waals surface area (Å²) in [6.07, 6.45) is 6.04. The van der Waals surface area contributed by atoms with E-state index in [9.17, 15) is 13.5 Å². The Morgan fingerprint density at radius 1 is 1.21 bits per heavy atom. The van der Waals surface area contributed by atoms with Crippen LogP contribution in [0.25, 0.3) is 0 Å². The molecule has 3 rings (SSSR count). The normalized spacial score (nSPS) is 29.1. The summed E-state index contributed by atoms with van der Waals surface area (Å²) < 4.78 is 34.5. The number of ether oxygens (including phenoxy) is 1. The van der Waals surface area contributed by atoms with Crippen LogP contribution in [0.3, 0.4) is 0 Å². The van der Waals surface area contributed by atoms with Gasteiger partial charge in [0.1, 0.15) is 5.75 Å². The van der Waals surface area contributed by atoms with Crippen molar-refractivity contribution in [2.24, 2.45) is 0 Å². The molecule has 7 nitrogen and oxygen atoms in total. The van der Waals surface area contributed by atoms with Crippen molar-refractivity contribution in [1.29, 1.82) is 0 Å². The number of piperidine rings is 1. The number of benzene rings is 1. The zero-order chi connectivity index (χ0) is 20.1. The zero-order valence-corrected chi connectivity index (χ0v) is 17.6. The largest absolute Gasteiger partial charge is 0.508 e. The van der Waals surface area contributed by atoms with Crippen molar-refractivity contribution in [3.63, 3.8) is 0 Å². The second kappa shape index (κ2) is 9.54. The molecule has 1 aliphatic heterocycles. The van der Waals surface area contributed by atoms with E-state index in [1.807, 2.05) is 12.1 Å². The van der Waals surface area contributed by atoms with Crippen molar-refractivity contribution < 1.29 is 18.3 Å². The Morgan fingerprint density at radius 2 is 1.96 bits per heavy atom. The third-order valence-electron chi connectivity index (χ3n) is 5.89. The lowest BCUT2D eigenvalue weighted by atomic mass is 9.82. The van der Waals surface area contributed by atoms with Gasteiger partial charge in [0.25, 0.3) is 10.2 Å². The van der Waals surface area contributed by atoms with Gasteiger partial charge in [-0.05, 0) is 68.7 Å². The molecule has 28 heavy (non-hydrogen) atoms. The first-order valence-corrected chi connectivity index (χ1v) is 11.6. The summed E-state index contributed by atoms with van der Waals surface area (Å²) in [7, 11) is -0.375. The van der Waals surface area contributed by atoms with Crippen LogP contribution in [0.5, 0.6) is 5.75 Å². The van der Waals surface area contributed by atoms with Crippen molar-refractivity contribution in [2.45, 2.75) is 62.6 Å². The monoisotopic (exact) mass is 411 g/mol. The summed E-state index contributed by atoms with van der Waals surface area (Å²) in [4.78, 5) is 0. The molecular weight excluding hydrogens is 378 g/mol. The second-order valence-electron chi connectivity index (χ2n) is 8.12. The lowest BCUT2D eigenvalue weighted by Crippen LogP contribution is -2.57. The molecule has 1 aromatic carbocycles. The van der Waals surface area contributed by atoms with E-state index in [1.165, 1.54) is 24.0 Å². The van der Waals surface area contributed by atoms with Crippen LogP contribution in [-0.4, -0.2) is 63.3 Å². The van der Waals surface area contributed by atoms with Crippen molar-refractivity contribution >= 4 is 10.2 Å². The molecule has 0 bridgehead atoms. The zero-order valence-electron chi connectivity index (χ0n) is 16.8. The van der Waals surface area contributed by atoms with Crippen LogP contribution >= 0.6 is 0 Å². The smallest absolute Gasteiger partial charge is 0.279 e. The number of hydrogen-bond donors (Lipinski definition) is 3. The first kappa shape index (κ1) is 21.5. The Bertz CT molecular complexity index is 733. The standard InChI is InChI=1S/C20H33N3O4S/c1-23(2)28(25,26)22-19-7-4-12-21-20(19)14-27-18-10-8-15(9-11-18)16-5-3-6-17(24)13-16/h3,5-6,13,15,18-22,24H,4,7-12,14H2,1-2H3/t15?,18?,19-,20-/m0/s1. The third kappa shape index (κ3) is 5.67. The van der Waals surface area contributed by atoms with E-state index in [1.54, 1.807) is 6.07 Å². The Hall–Kier alpha value is -1.19. The molecule has 2 aliphatic rings. The van der Waals surface area contributed by atoms with Gasteiger partial charge in [-0.1, -0.05) is 12.1 Å². The fraction of sp³-hybridized carbons (Fsp3) is 0.700. The van der Waals surface area contributed by atoms with Crippen molar-refractivity contribution in [1.82, 2.24) is 14.3 Å². The number of nitrogens with zero attached hydrogens (tertiary/aromatic N) is 1. The number of nitrogens with one attached hydrogen (secondary N) is 2. The lowest BCUT2D eigenvalue weighted by molar-refractivity contribution is 0.00515. The van der Waals surface area contributed by atoms with Gasteiger partial charge in [-0.15, -0.1) is 0 Å². The van der Waals surface area contributed by atoms with Gasteiger partial charge in [0.15, 0.2) is 0 Å². The van der Waals surface area contributed by atoms with E-state index in [4.69, 9.17) is 4.74 Å². The SMILES string of the molecule is CN(C)S(=O)(=O)N[C@H]1CCCN[C@H]1COC1CCC(c2cccc(O)c2)CC1. The summed E-state index contributed by atoms with van der Waals surface area (Å²) in [6, 6.07) is 7.39. The Morgan fingerprint density at radius 3 is 2.64 bits per heavy atom. The fourth-order valence-corrected chi connectivity index (χ4v) is 5.02. The number of hydrogen-bond acceptors (Lipinski definition) is 5. The van der Waals surface area contributed by atoms with Crippen LogP contribution in [0.15, 0.2) is 24.3 Å². The molecule has 0 spiro atoms. The topological polar surface area (TPSA) is 90.9 Å². The van der Waals surface area contributed by atoms with Crippen LogP contribution in [0.2, 0.25) is 0 Å². The quantitative estimate of drug-likeness (QED) is 0.638. The number of phenolic OH excluding ortho intramolecular Hbond substituents is 1. The molecule has 0 unspecified atom stereocenters. The predicted molar refractivity (Wildman–Crippen MR) is 110 cm³/mol. The summed E-state index contributed by atoms with van der Waals surface area (Å²) >= 11 is 0. The van der Waals surface area contributed by atoms with Crippen LogP contribution in [0, 0.1) is 0 Å². The maximum absolute atomic E-state index is 12.2. The molecular formula is C20H33N3O4S. The summed E-state index contributed by atoms with van der Waals surface area (Å²) in [5.74, 6) is 0.796. The molecule has 1 aromatic rings. The molecule has 0 amide bonds. The van der Waals surface area contributed by atoms with Crippen LogP contribution in [0.1, 0.15) is 50.0 Å². The minimum Gasteiger partial charge on any atom is -0.508 e. The molecule has 1 saturated heterocycles. The number of aromatic hydroxyl groups is 1. The second-order valence-corrected chi connectivity index (χ2v) is 10.0. The minimum absolute atomic E-state index is 0.00716. The van der Waals surface area contributed by atoms with Gasteiger partial charge in [-0.2, -0.15) is 17.4 Å². The van der Waals surface area contributed by atoms with Gasteiger partial charge in [0.05, 0.1) is 12.7 Å². The highest BCUT2D eigenvalue weighted by Crippen LogP contribution is 2.35. The maximum Gasteiger partial charge on any atom is 0.279 e. The summed E-state index contributed by atoms with van der Waals surface area (Å²) in [5.41, 5.74) is 1.20. The van der Waals surface area contributed by atoms with Crippen LogP contribution < -0.4 is 10.0 Å². The average Bonchev–Trinajstić information content (AvgIpc) is 2.67. The molecule has 158 valence electrons. The van der Waals surface area contributed by atoms with Crippen molar-refractivity contribution in [3.8, 4) is 5.75 Å². The van der Waals surface area contributed by atoms with E-state index < -0.39 is 10.2 Å². The molecule has 1 saturated carbocycles. The van der Waals surface area contributed by atoms with Gasteiger partial charge >= 0.3 is 0 Å². The highest BCUT2D eigenvalue weighted by Gasteiger charge is 2.31. The van der Waals surface area contributed by atoms with E-state index in [-0.39, 0.29) is 18.2 Å². The van der Waals surface area contributed by atoms with Gasteiger partial charge in [-0.3, -0.25) is 0 Å². The molecule has 0 radical (unpaired) electrons. The van der Waals surface area contributed by atoms with Crippen LogP contribution in [0.4, 0.5) is 0 Å². The summed E-state index contributed by atoms with van der Waals surface area (Å²) in [5, 5.41) is 13.1. The molecule has 8 heteroatoms. The predicted octanol–water partition coefficient (Wildman–Crippen LogP) is 1.95. The number of rotatable bonds is 7. The Labute approximate surface area is 168 Å². The highest BCUT2D eigenvalue weighted by molar-refractivity contribution is 7.87. The maximum atomic E-state index is 12.2. The van der Waals surface area contributed by atoms with Gasteiger partial charge in [-0.25, -0.2) is 0 Å². The first-order valence-electron chi connectivity index (χ1n) is 10.2. The lowest BCUT2D eigenvalue weighted by Gasteiger charge is -2.35. The Kier molecular flexibility index (Phi) is 7.33. The third-order valence-corrected chi connectivity index (χ3v) is 7.45. The van der Waals surface area contributed by atoms with E-state index in [0.717, 1.165) is 45.1 Å². The molecule has 2 fully saturated rings.